The van der Waals surface area contributed by atoms with Gasteiger partial charge < -0.3 is 21.5 Å². The molecule has 0 spiro atoms. The maximum atomic E-state index is 11.5. The van der Waals surface area contributed by atoms with Crippen LogP contribution in [0.4, 0.5) is 11.6 Å². The Morgan fingerprint density at radius 2 is 1.83 bits per heavy atom. The van der Waals surface area contributed by atoms with E-state index >= 15 is 0 Å². The molecule has 2 fully saturated rings. The topological polar surface area (TPSA) is 125 Å². The van der Waals surface area contributed by atoms with Gasteiger partial charge in [-0.2, -0.15) is 0 Å². The molecule has 0 unspecified atom stereocenters. The molecule has 1 amide bonds. The average molecular weight is 522 g/mol. The lowest BCUT2D eigenvalue weighted by Crippen LogP contribution is -2.58. The van der Waals surface area contributed by atoms with Crippen molar-refractivity contribution in [3.05, 3.63) is 45.7 Å². The Morgan fingerprint density at radius 3 is 2.43 bits per heavy atom. The zero-order valence-corrected chi connectivity index (χ0v) is 21.4. The summed E-state index contributed by atoms with van der Waals surface area (Å²) in [5, 5.41) is 10.9. The highest BCUT2D eigenvalue weighted by atomic mass is 35.5. The van der Waals surface area contributed by atoms with Crippen molar-refractivity contribution in [1.82, 2.24) is 19.8 Å². The summed E-state index contributed by atoms with van der Waals surface area (Å²) in [6.07, 6.45) is 3.07. The van der Waals surface area contributed by atoms with Crippen molar-refractivity contribution in [2.75, 3.05) is 50.0 Å². The molecular formula is C24H33Cl2N7O2. The summed E-state index contributed by atoms with van der Waals surface area (Å²) in [6, 6.07) is 8.55. The van der Waals surface area contributed by atoms with Gasteiger partial charge in [-0.15, -0.1) is 0 Å². The van der Waals surface area contributed by atoms with Crippen LogP contribution in [0.25, 0.3) is 0 Å². The zero-order chi connectivity index (χ0) is 25.1. The fraction of sp³-hybridized carbons (Fsp3) is 0.542. The van der Waals surface area contributed by atoms with E-state index in [1.54, 1.807) is 0 Å². The van der Waals surface area contributed by atoms with Gasteiger partial charge in [-0.05, 0) is 37.0 Å². The van der Waals surface area contributed by atoms with Gasteiger partial charge in [-0.25, -0.2) is 9.97 Å². The lowest BCUT2D eigenvalue weighted by molar-refractivity contribution is 0.0356. The Kier molecular flexibility index (Phi) is 8.34. The molecule has 2 saturated heterocycles. The number of primary amides is 1. The minimum absolute atomic E-state index is 0.00104. The Balaban J connectivity index is 1.40. The molecule has 35 heavy (non-hydrogen) atoms. The molecule has 11 heteroatoms. The largest absolute Gasteiger partial charge is 0.394 e. The minimum atomic E-state index is -0.745. The number of hydrogen-bond donors (Lipinski definition) is 3. The van der Waals surface area contributed by atoms with Crippen molar-refractivity contribution < 1.29 is 9.90 Å². The second-order valence-corrected chi connectivity index (χ2v) is 9.99. The first-order chi connectivity index (χ1) is 16.8. The predicted molar refractivity (Wildman–Crippen MR) is 139 cm³/mol. The average Bonchev–Trinajstić information content (AvgIpc) is 2.86. The number of anilines is 2. The van der Waals surface area contributed by atoms with Gasteiger partial charge in [-0.1, -0.05) is 42.3 Å². The molecule has 190 valence electrons. The molecule has 3 heterocycles. The smallest absolute Gasteiger partial charge is 0.271 e. The number of hydrogen-bond acceptors (Lipinski definition) is 8. The fourth-order valence-corrected chi connectivity index (χ4v) is 5.73. The van der Waals surface area contributed by atoms with Crippen molar-refractivity contribution >= 4 is 40.7 Å². The van der Waals surface area contributed by atoms with Gasteiger partial charge in [0.05, 0.1) is 12.6 Å². The SMILES string of the molecule is CC[C@H]1CN(c2nc(N)c(C(N)=O)nc2Cl)CCN1C1CCN([C@@H](CO)c2ccc(Cl)cc2)CC1. The van der Waals surface area contributed by atoms with Crippen LogP contribution in [0.2, 0.25) is 10.2 Å². The summed E-state index contributed by atoms with van der Waals surface area (Å²) >= 11 is 12.4. The highest BCUT2D eigenvalue weighted by molar-refractivity contribution is 6.32. The number of nitrogens with zero attached hydrogens (tertiary/aromatic N) is 5. The number of amides is 1. The third-order valence-electron chi connectivity index (χ3n) is 7.23. The van der Waals surface area contributed by atoms with E-state index < -0.39 is 5.91 Å². The lowest BCUT2D eigenvalue weighted by atomic mass is 9.96. The van der Waals surface area contributed by atoms with Gasteiger partial charge in [0.1, 0.15) is 0 Å². The monoisotopic (exact) mass is 521 g/mol. The Bertz CT molecular complexity index is 1030. The first-order valence-electron chi connectivity index (χ1n) is 12.1. The van der Waals surface area contributed by atoms with E-state index in [1.807, 2.05) is 24.3 Å². The highest BCUT2D eigenvalue weighted by Gasteiger charge is 2.35. The van der Waals surface area contributed by atoms with Gasteiger partial charge in [0.2, 0.25) is 0 Å². The molecule has 2 aromatic rings. The quantitative estimate of drug-likeness (QED) is 0.507. The number of carbonyl (C=O) groups is 1. The first-order valence-corrected chi connectivity index (χ1v) is 12.8. The molecule has 0 bridgehead atoms. The van der Waals surface area contributed by atoms with Gasteiger partial charge >= 0.3 is 0 Å². The van der Waals surface area contributed by atoms with Crippen LogP contribution in [0.1, 0.15) is 48.3 Å². The Hall–Kier alpha value is -2.17. The van der Waals surface area contributed by atoms with Gasteiger partial charge in [0.25, 0.3) is 5.91 Å². The highest BCUT2D eigenvalue weighted by Crippen LogP contribution is 2.31. The van der Waals surface area contributed by atoms with E-state index in [1.165, 1.54) is 0 Å². The van der Waals surface area contributed by atoms with Crippen LogP contribution in [-0.4, -0.2) is 82.2 Å². The number of likely N-dealkylation sites (tertiary alicyclic amines) is 1. The van der Waals surface area contributed by atoms with Crippen LogP contribution in [0, 0.1) is 0 Å². The first kappa shape index (κ1) is 25.9. The standard InChI is InChI=1S/C24H33Cl2N7O2/c1-2-17-13-32(24-21(26)29-20(23(28)35)22(27)30-24)11-12-33(17)18-7-9-31(10-8-18)19(14-34)15-3-5-16(25)6-4-15/h3-6,17-19,34H,2,7-14H2,1H3,(H2,27,30)(H2,28,35)/t17-,19-/m0/s1. The van der Waals surface area contributed by atoms with Gasteiger partial charge in [-0.3, -0.25) is 14.6 Å². The van der Waals surface area contributed by atoms with Crippen LogP contribution in [0.3, 0.4) is 0 Å². The van der Waals surface area contributed by atoms with Gasteiger partial charge in [0, 0.05) is 49.8 Å². The number of aromatic nitrogens is 2. The second-order valence-electron chi connectivity index (χ2n) is 9.20. The van der Waals surface area contributed by atoms with E-state index in [2.05, 4.69) is 31.6 Å². The summed E-state index contributed by atoms with van der Waals surface area (Å²) in [5.41, 5.74) is 12.2. The molecule has 1 aromatic carbocycles. The normalized spacial score (nSPS) is 21.3. The third kappa shape index (κ3) is 5.65. The third-order valence-corrected chi connectivity index (χ3v) is 7.74. The maximum Gasteiger partial charge on any atom is 0.271 e. The number of piperazine rings is 1. The summed E-state index contributed by atoms with van der Waals surface area (Å²) in [6.45, 7) is 6.50. The summed E-state index contributed by atoms with van der Waals surface area (Å²) in [4.78, 5) is 27.0. The lowest BCUT2D eigenvalue weighted by Gasteiger charge is -2.48. The van der Waals surface area contributed by atoms with Crippen LogP contribution in [0.5, 0.6) is 0 Å². The summed E-state index contributed by atoms with van der Waals surface area (Å²) in [7, 11) is 0. The van der Waals surface area contributed by atoms with Crippen molar-refractivity contribution in [1.29, 1.82) is 0 Å². The molecular weight excluding hydrogens is 489 g/mol. The number of nitrogen functional groups attached to an aromatic ring is 1. The van der Waals surface area contributed by atoms with Crippen LogP contribution in [0.15, 0.2) is 24.3 Å². The number of piperidine rings is 1. The van der Waals surface area contributed by atoms with Crippen LogP contribution in [-0.2, 0) is 0 Å². The molecule has 9 nitrogen and oxygen atoms in total. The molecule has 5 N–H and O–H groups in total. The molecule has 2 aliphatic heterocycles. The molecule has 0 radical (unpaired) electrons. The van der Waals surface area contributed by atoms with E-state index in [4.69, 9.17) is 34.7 Å². The number of rotatable bonds is 7. The number of halogens is 2. The summed E-state index contributed by atoms with van der Waals surface area (Å²) in [5.74, 6) is -0.250. The molecule has 0 saturated carbocycles. The van der Waals surface area contributed by atoms with E-state index in [-0.39, 0.29) is 29.3 Å². The minimum Gasteiger partial charge on any atom is -0.394 e. The van der Waals surface area contributed by atoms with E-state index in [9.17, 15) is 9.90 Å². The predicted octanol–water partition coefficient (Wildman–Crippen LogP) is 2.56. The Morgan fingerprint density at radius 1 is 1.14 bits per heavy atom. The van der Waals surface area contributed by atoms with Crippen LogP contribution >= 0.6 is 23.2 Å². The summed E-state index contributed by atoms with van der Waals surface area (Å²) < 4.78 is 0. The maximum absolute atomic E-state index is 11.5. The van der Waals surface area contributed by atoms with E-state index in [0.29, 0.717) is 22.9 Å². The molecule has 4 rings (SSSR count). The number of carbonyl (C=O) groups excluding carboxylic acids is 1. The zero-order valence-electron chi connectivity index (χ0n) is 19.9. The fourth-order valence-electron chi connectivity index (χ4n) is 5.35. The van der Waals surface area contributed by atoms with Crippen molar-refractivity contribution in [3.63, 3.8) is 0 Å². The van der Waals surface area contributed by atoms with Crippen molar-refractivity contribution in [2.24, 2.45) is 5.73 Å². The molecule has 2 aliphatic rings. The number of nitrogens with two attached hydrogens (primary N) is 2. The molecule has 2 atom stereocenters. The van der Waals surface area contributed by atoms with Crippen LogP contribution < -0.4 is 16.4 Å². The number of aliphatic hydroxyl groups excluding tert-OH is 1. The molecule has 1 aromatic heterocycles. The number of aliphatic hydroxyl groups is 1. The van der Waals surface area contributed by atoms with Gasteiger partial charge in [0.15, 0.2) is 22.5 Å². The van der Waals surface area contributed by atoms with Crippen molar-refractivity contribution in [3.8, 4) is 0 Å². The Labute approximate surface area is 216 Å². The van der Waals surface area contributed by atoms with E-state index in [0.717, 1.165) is 57.5 Å². The molecule has 0 aliphatic carbocycles. The second kappa shape index (κ2) is 11.3. The van der Waals surface area contributed by atoms with Crippen molar-refractivity contribution in [2.45, 2.75) is 44.3 Å². The number of benzene rings is 1.